The van der Waals surface area contributed by atoms with E-state index in [1.807, 2.05) is 30.3 Å². The number of carbonyl (C=O) groups is 1. The first-order valence-electron chi connectivity index (χ1n) is 8.35. The topological polar surface area (TPSA) is 74.5 Å². The number of nitrogens with zero attached hydrogens (tertiary/aromatic N) is 5. The van der Waals surface area contributed by atoms with Crippen LogP contribution >= 0.6 is 0 Å². The maximum absolute atomic E-state index is 12.6. The highest BCUT2D eigenvalue weighted by Crippen LogP contribution is 2.12. The zero-order valence-electron chi connectivity index (χ0n) is 13.9. The number of hydrogen-bond donors (Lipinski definition) is 1. The number of piperazine rings is 1. The summed E-state index contributed by atoms with van der Waals surface area (Å²) in [6.45, 7) is 5.08. The maximum atomic E-state index is 12.6. The van der Waals surface area contributed by atoms with Crippen LogP contribution in [-0.2, 0) is 0 Å². The molecule has 1 atom stereocenters. The van der Waals surface area contributed by atoms with Gasteiger partial charge in [0.25, 0.3) is 5.91 Å². The molecule has 24 heavy (non-hydrogen) atoms. The molecular formula is C17H23N5O2. The van der Waals surface area contributed by atoms with Crippen molar-refractivity contribution in [2.45, 2.75) is 19.4 Å². The van der Waals surface area contributed by atoms with Gasteiger partial charge in [-0.25, -0.2) is 4.68 Å². The average Bonchev–Trinajstić information content (AvgIpc) is 3.14. The summed E-state index contributed by atoms with van der Waals surface area (Å²) in [5.41, 5.74) is 1.24. The maximum Gasteiger partial charge on any atom is 0.276 e. The Hall–Kier alpha value is -2.25. The van der Waals surface area contributed by atoms with Gasteiger partial charge in [0.1, 0.15) is 0 Å². The summed E-state index contributed by atoms with van der Waals surface area (Å²) in [5.74, 6) is -0.0890. The summed E-state index contributed by atoms with van der Waals surface area (Å²) >= 11 is 0. The van der Waals surface area contributed by atoms with Gasteiger partial charge in [0, 0.05) is 32.2 Å². The van der Waals surface area contributed by atoms with Crippen molar-refractivity contribution >= 4 is 5.91 Å². The van der Waals surface area contributed by atoms with E-state index < -0.39 is 0 Å². The molecule has 128 valence electrons. The fourth-order valence-corrected chi connectivity index (χ4v) is 3.02. The highest BCUT2D eigenvalue weighted by molar-refractivity contribution is 5.92. The van der Waals surface area contributed by atoms with Crippen LogP contribution in [-0.4, -0.2) is 74.6 Å². The summed E-state index contributed by atoms with van der Waals surface area (Å²) < 4.78 is 1.61. The van der Waals surface area contributed by atoms with E-state index in [4.69, 9.17) is 0 Å². The Morgan fingerprint density at radius 3 is 2.54 bits per heavy atom. The van der Waals surface area contributed by atoms with E-state index in [2.05, 4.69) is 22.1 Å². The Balaban J connectivity index is 1.63. The zero-order chi connectivity index (χ0) is 16.9. The molecule has 0 spiro atoms. The van der Waals surface area contributed by atoms with E-state index >= 15 is 0 Å². The molecule has 0 aliphatic carbocycles. The molecule has 1 N–H and O–H groups in total. The molecule has 7 nitrogen and oxygen atoms in total. The van der Waals surface area contributed by atoms with Crippen molar-refractivity contribution in [1.29, 1.82) is 0 Å². The second-order valence-corrected chi connectivity index (χ2v) is 5.96. The lowest BCUT2D eigenvalue weighted by molar-refractivity contribution is 0.0468. The van der Waals surface area contributed by atoms with Crippen molar-refractivity contribution in [3.05, 3.63) is 42.2 Å². The largest absolute Gasteiger partial charge is 0.395 e. The summed E-state index contributed by atoms with van der Waals surface area (Å²) in [7, 11) is 0. The van der Waals surface area contributed by atoms with E-state index in [9.17, 15) is 9.90 Å². The lowest BCUT2D eigenvalue weighted by Crippen LogP contribution is -2.52. The Morgan fingerprint density at radius 2 is 1.92 bits per heavy atom. The van der Waals surface area contributed by atoms with E-state index in [0.29, 0.717) is 18.8 Å². The third kappa shape index (κ3) is 3.47. The zero-order valence-corrected chi connectivity index (χ0v) is 13.9. The fourth-order valence-electron chi connectivity index (χ4n) is 3.02. The molecule has 0 saturated carbocycles. The minimum absolute atomic E-state index is 0.0890. The summed E-state index contributed by atoms with van der Waals surface area (Å²) in [5, 5.41) is 17.5. The number of rotatable bonds is 5. The number of para-hydroxylation sites is 1. The van der Waals surface area contributed by atoms with Gasteiger partial charge < -0.3 is 10.0 Å². The number of amides is 1. The van der Waals surface area contributed by atoms with Crippen LogP contribution in [0, 0.1) is 0 Å². The molecule has 1 fully saturated rings. The molecule has 0 bridgehead atoms. The minimum atomic E-state index is -0.0890. The van der Waals surface area contributed by atoms with Gasteiger partial charge in [0.2, 0.25) is 0 Å². The molecule has 1 aromatic heterocycles. The molecule has 0 radical (unpaired) electrons. The predicted molar refractivity (Wildman–Crippen MR) is 90.0 cm³/mol. The molecule has 1 aliphatic rings. The average molecular weight is 329 g/mol. The SMILES string of the molecule is CCC(CO)N1CCN(C(=O)c2cn(-c3ccccc3)nn2)CC1. The van der Waals surface area contributed by atoms with Crippen LogP contribution in [0.25, 0.3) is 5.69 Å². The highest BCUT2D eigenvalue weighted by Gasteiger charge is 2.26. The van der Waals surface area contributed by atoms with Gasteiger partial charge >= 0.3 is 0 Å². The molecule has 2 aromatic rings. The molecule has 2 heterocycles. The lowest BCUT2D eigenvalue weighted by Gasteiger charge is -2.38. The van der Waals surface area contributed by atoms with Crippen molar-refractivity contribution in [2.75, 3.05) is 32.8 Å². The van der Waals surface area contributed by atoms with Gasteiger partial charge in [-0.3, -0.25) is 9.69 Å². The summed E-state index contributed by atoms with van der Waals surface area (Å²) in [6, 6.07) is 9.79. The second-order valence-electron chi connectivity index (χ2n) is 5.96. The third-order valence-corrected chi connectivity index (χ3v) is 4.53. The van der Waals surface area contributed by atoms with E-state index in [1.54, 1.807) is 15.8 Å². The molecule has 1 aromatic carbocycles. The Kier molecular flexibility index (Phi) is 5.22. The van der Waals surface area contributed by atoms with Crippen LogP contribution in [0.1, 0.15) is 23.8 Å². The third-order valence-electron chi connectivity index (χ3n) is 4.53. The van der Waals surface area contributed by atoms with Gasteiger partial charge in [0.15, 0.2) is 5.69 Å². The summed E-state index contributed by atoms with van der Waals surface area (Å²) in [6.07, 6.45) is 2.59. The number of aliphatic hydroxyl groups excluding tert-OH is 1. The highest BCUT2D eigenvalue weighted by atomic mass is 16.3. The first kappa shape index (κ1) is 16.6. The standard InChI is InChI=1S/C17H23N5O2/c1-2-14(13-23)20-8-10-21(11-9-20)17(24)16-12-22(19-18-16)15-6-4-3-5-7-15/h3-7,12,14,23H,2,8-11,13H2,1H3. The molecule has 7 heteroatoms. The lowest BCUT2D eigenvalue weighted by atomic mass is 10.1. The van der Waals surface area contributed by atoms with Gasteiger partial charge in [-0.15, -0.1) is 5.10 Å². The quantitative estimate of drug-likeness (QED) is 0.878. The molecule has 1 unspecified atom stereocenters. The fraction of sp³-hybridized carbons (Fsp3) is 0.471. The van der Waals surface area contributed by atoms with E-state index in [-0.39, 0.29) is 18.6 Å². The minimum Gasteiger partial charge on any atom is -0.395 e. The first-order chi connectivity index (χ1) is 11.7. The van der Waals surface area contributed by atoms with Gasteiger partial charge in [-0.1, -0.05) is 30.3 Å². The number of carbonyl (C=O) groups excluding carboxylic acids is 1. The normalized spacial score (nSPS) is 17.0. The van der Waals surface area contributed by atoms with Crippen molar-refractivity contribution in [2.24, 2.45) is 0 Å². The Bertz CT molecular complexity index is 661. The molecule has 1 aliphatic heterocycles. The number of aromatic nitrogens is 3. The number of benzene rings is 1. The van der Waals surface area contributed by atoms with Crippen LogP contribution in [0.5, 0.6) is 0 Å². The van der Waals surface area contributed by atoms with E-state index in [1.165, 1.54) is 0 Å². The van der Waals surface area contributed by atoms with Crippen LogP contribution in [0.2, 0.25) is 0 Å². The second kappa shape index (κ2) is 7.55. The van der Waals surface area contributed by atoms with Crippen LogP contribution in [0.15, 0.2) is 36.5 Å². The van der Waals surface area contributed by atoms with E-state index in [0.717, 1.165) is 25.2 Å². The van der Waals surface area contributed by atoms with Crippen LogP contribution in [0.4, 0.5) is 0 Å². The molecular weight excluding hydrogens is 306 g/mol. The van der Waals surface area contributed by atoms with Gasteiger partial charge in [0.05, 0.1) is 18.5 Å². The first-order valence-corrected chi connectivity index (χ1v) is 8.35. The van der Waals surface area contributed by atoms with Crippen molar-refractivity contribution in [3.63, 3.8) is 0 Å². The molecule has 3 rings (SSSR count). The predicted octanol–water partition coefficient (Wildman–Crippen LogP) is 0.796. The molecule has 1 amide bonds. The Morgan fingerprint density at radius 1 is 1.21 bits per heavy atom. The Labute approximate surface area is 141 Å². The van der Waals surface area contributed by atoms with Crippen LogP contribution in [0.3, 0.4) is 0 Å². The van der Waals surface area contributed by atoms with Crippen molar-refractivity contribution < 1.29 is 9.90 Å². The molecule has 1 saturated heterocycles. The van der Waals surface area contributed by atoms with Crippen molar-refractivity contribution in [1.82, 2.24) is 24.8 Å². The van der Waals surface area contributed by atoms with Crippen molar-refractivity contribution in [3.8, 4) is 5.69 Å². The summed E-state index contributed by atoms with van der Waals surface area (Å²) in [4.78, 5) is 16.6. The smallest absolute Gasteiger partial charge is 0.276 e. The van der Waals surface area contributed by atoms with Gasteiger partial charge in [-0.2, -0.15) is 0 Å². The number of aliphatic hydroxyl groups is 1. The number of hydrogen-bond acceptors (Lipinski definition) is 5. The van der Waals surface area contributed by atoms with Crippen LogP contribution < -0.4 is 0 Å². The monoisotopic (exact) mass is 329 g/mol. The van der Waals surface area contributed by atoms with Gasteiger partial charge in [-0.05, 0) is 18.6 Å².